The number of hydrogen-bond donors (Lipinski definition) is 0. The van der Waals surface area contributed by atoms with Crippen LogP contribution in [0.25, 0.3) is 11.3 Å². The van der Waals surface area contributed by atoms with E-state index in [9.17, 15) is 13.2 Å². The number of nitrogens with zero attached hydrogens (tertiary/aromatic N) is 3. The van der Waals surface area contributed by atoms with E-state index in [1.165, 1.54) is 11.3 Å². The Labute approximate surface area is 171 Å². The highest BCUT2D eigenvalue weighted by Gasteiger charge is 2.34. The molecule has 1 aromatic carbocycles. The average molecular weight is 422 g/mol. The van der Waals surface area contributed by atoms with Gasteiger partial charge in [-0.25, -0.2) is 13.4 Å². The molecule has 0 spiro atoms. The topological polar surface area (TPSA) is 70.6 Å². The van der Waals surface area contributed by atoms with Crippen LogP contribution in [0.3, 0.4) is 0 Å². The van der Waals surface area contributed by atoms with Gasteiger partial charge in [-0.05, 0) is 27.4 Å². The molecule has 1 aliphatic heterocycles. The molecule has 1 aromatic heterocycles. The van der Waals surface area contributed by atoms with Crippen LogP contribution in [0.5, 0.6) is 0 Å². The van der Waals surface area contributed by atoms with Crippen molar-refractivity contribution in [2.45, 2.75) is 25.8 Å². The standard InChI is InChI=1S/C20H27N3O3S2/c1-15-21-20(16-7-5-4-6-8-16)18(27-15)13-19(24)23(11-10-22(2)3)17-9-12-28(25,26)14-17/h4-8,17H,9-14H2,1-3H3/t17-/m1/s1. The molecular weight excluding hydrogens is 394 g/mol. The molecule has 3 rings (SSSR count). The van der Waals surface area contributed by atoms with Gasteiger partial charge < -0.3 is 9.80 Å². The van der Waals surface area contributed by atoms with Gasteiger partial charge in [0.25, 0.3) is 0 Å². The van der Waals surface area contributed by atoms with E-state index < -0.39 is 9.84 Å². The Bertz CT molecular complexity index is 923. The van der Waals surface area contributed by atoms with Crippen LogP contribution in [-0.2, 0) is 21.1 Å². The molecule has 0 aliphatic carbocycles. The zero-order chi connectivity index (χ0) is 20.3. The molecule has 0 N–H and O–H groups in total. The van der Waals surface area contributed by atoms with E-state index in [-0.39, 0.29) is 29.9 Å². The van der Waals surface area contributed by atoms with Crippen LogP contribution in [0, 0.1) is 6.92 Å². The molecule has 0 bridgehead atoms. The average Bonchev–Trinajstić information content (AvgIpc) is 3.17. The summed E-state index contributed by atoms with van der Waals surface area (Å²) >= 11 is 1.53. The number of carbonyl (C=O) groups is 1. The van der Waals surface area contributed by atoms with Crippen molar-refractivity contribution in [3.63, 3.8) is 0 Å². The van der Waals surface area contributed by atoms with Crippen LogP contribution in [0.15, 0.2) is 30.3 Å². The molecule has 1 amide bonds. The van der Waals surface area contributed by atoms with Crippen molar-refractivity contribution in [3.05, 3.63) is 40.2 Å². The number of aromatic nitrogens is 1. The number of hydrogen-bond acceptors (Lipinski definition) is 6. The Morgan fingerprint density at radius 3 is 2.54 bits per heavy atom. The molecule has 0 radical (unpaired) electrons. The molecule has 6 nitrogen and oxygen atoms in total. The molecule has 1 saturated heterocycles. The van der Waals surface area contributed by atoms with E-state index in [1.807, 2.05) is 56.3 Å². The highest BCUT2D eigenvalue weighted by Crippen LogP contribution is 2.29. The van der Waals surface area contributed by atoms with Crippen molar-refractivity contribution in [2.24, 2.45) is 0 Å². The van der Waals surface area contributed by atoms with E-state index >= 15 is 0 Å². The van der Waals surface area contributed by atoms with E-state index in [0.717, 1.165) is 21.1 Å². The highest BCUT2D eigenvalue weighted by atomic mass is 32.2. The van der Waals surface area contributed by atoms with Gasteiger partial charge in [0.05, 0.1) is 28.6 Å². The van der Waals surface area contributed by atoms with Crippen LogP contribution < -0.4 is 0 Å². The fourth-order valence-electron chi connectivity index (χ4n) is 3.49. The summed E-state index contributed by atoms with van der Waals surface area (Å²) < 4.78 is 23.9. The van der Waals surface area contributed by atoms with Gasteiger partial charge >= 0.3 is 0 Å². The maximum Gasteiger partial charge on any atom is 0.228 e. The van der Waals surface area contributed by atoms with Crippen LogP contribution >= 0.6 is 11.3 Å². The number of sulfone groups is 1. The van der Waals surface area contributed by atoms with Gasteiger partial charge in [0.15, 0.2) is 9.84 Å². The van der Waals surface area contributed by atoms with Crippen molar-refractivity contribution >= 4 is 27.1 Å². The second-order valence-electron chi connectivity index (χ2n) is 7.49. The van der Waals surface area contributed by atoms with Crippen molar-refractivity contribution < 1.29 is 13.2 Å². The van der Waals surface area contributed by atoms with Crippen LogP contribution in [-0.4, -0.2) is 73.8 Å². The first-order chi connectivity index (χ1) is 13.2. The van der Waals surface area contributed by atoms with Gasteiger partial charge in [0, 0.05) is 29.6 Å². The third kappa shape index (κ3) is 5.18. The summed E-state index contributed by atoms with van der Waals surface area (Å²) in [6.45, 7) is 3.18. The highest BCUT2D eigenvalue weighted by molar-refractivity contribution is 7.91. The molecule has 28 heavy (non-hydrogen) atoms. The largest absolute Gasteiger partial charge is 0.337 e. The lowest BCUT2D eigenvalue weighted by molar-refractivity contribution is -0.132. The SMILES string of the molecule is Cc1nc(-c2ccccc2)c(CC(=O)N(CCN(C)C)[C@@H]2CCS(=O)(=O)C2)s1. The fourth-order valence-corrected chi connectivity index (χ4v) is 6.17. The van der Waals surface area contributed by atoms with E-state index in [4.69, 9.17) is 0 Å². The Balaban J connectivity index is 1.82. The quantitative estimate of drug-likeness (QED) is 0.686. The molecule has 1 fully saturated rings. The van der Waals surface area contributed by atoms with Gasteiger partial charge in [0.2, 0.25) is 5.91 Å². The van der Waals surface area contributed by atoms with Crippen molar-refractivity contribution in [2.75, 3.05) is 38.7 Å². The van der Waals surface area contributed by atoms with Crippen LogP contribution in [0.2, 0.25) is 0 Å². The number of carbonyl (C=O) groups excluding carboxylic acids is 1. The molecule has 8 heteroatoms. The lowest BCUT2D eigenvalue weighted by Gasteiger charge is -2.29. The summed E-state index contributed by atoms with van der Waals surface area (Å²) in [5.41, 5.74) is 1.85. The Kier molecular flexibility index (Phi) is 6.52. The van der Waals surface area contributed by atoms with Crippen molar-refractivity contribution in [1.82, 2.24) is 14.8 Å². The van der Waals surface area contributed by atoms with Gasteiger partial charge in [-0.15, -0.1) is 11.3 Å². The monoisotopic (exact) mass is 421 g/mol. The van der Waals surface area contributed by atoms with E-state index in [1.54, 1.807) is 4.90 Å². The van der Waals surface area contributed by atoms with E-state index in [2.05, 4.69) is 4.98 Å². The van der Waals surface area contributed by atoms with Crippen molar-refractivity contribution in [1.29, 1.82) is 0 Å². The molecule has 152 valence electrons. The third-order valence-electron chi connectivity index (χ3n) is 4.92. The zero-order valence-electron chi connectivity index (χ0n) is 16.6. The Morgan fingerprint density at radius 2 is 1.93 bits per heavy atom. The molecular formula is C20H27N3O3S2. The second-order valence-corrected chi connectivity index (χ2v) is 11.0. The summed E-state index contributed by atoms with van der Waals surface area (Å²) in [6.07, 6.45) is 0.772. The van der Waals surface area contributed by atoms with Gasteiger partial charge in [-0.1, -0.05) is 30.3 Å². The third-order valence-corrected chi connectivity index (χ3v) is 7.64. The van der Waals surface area contributed by atoms with Gasteiger partial charge in [-0.2, -0.15) is 0 Å². The summed E-state index contributed by atoms with van der Waals surface area (Å²) in [4.78, 5) is 22.6. The number of rotatable bonds is 7. The van der Waals surface area contributed by atoms with E-state index in [0.29, 0.717) is 19.5 Å². The summed E-state index contributed by atoms with van der Waals surface area (Å²) in [6, 6.07) is 9.64. The summed E-state index contributed by atoms with van der Waals surface area (Å²) in [5.74, 6) is 0.211. The van der Waals surface area contributed by atoms with Gasteiger partial charge in [0.1, 0.15) is 0 Å². The second kappa shape index (κ2) is 8.71. The number of thiazole rings is 1. The van der Waals surface area contributed by atoms with Crippen molar-refractivity contribution in [3.8, 4) is 11.3 Å². The Hall–Kier alpha value is -1.77. The number of benzene rings is 1. The normalized spacial score (nSPS) is 18.5. The molecule has 0 unspecified atom stereocenters. The predicted molar refractivity (Wildman–Crippen MR) is 113 cm³/mol. The predicted octanol–water partition coefficient (Wildman–Crippen LogP) is 2.24. The fraction of sp³-hybridized carbons (Fsp3) is 0.500. The minimum atomic E-state index is -3.05. The summed E-state index contributed by atoms with van der Waals surface area (Å²) in [7, 11) is 0.855. The number of aryl methyl sites for hydroxylation is 1. The lowest BCUT2D eigenvalue weighted by Crippen LogP contribution is -2.45. The summed E-state index contributed by atoms with van der Waals surface area (Å²) in [5, 5.41) is 0.921. The zero-order valence-corrected chi connectivity index (χ0v) is 18.2. The molecule has 2 aromatic rings. The molecule has 1 aliphatic rings. The maximum absolute atomic E-state index is 13.2. The first kappa shape index (κ1) is 21.0. The lowest BCUT2D eigenvalue weighted by atomic mass is 10.1. The molecule has 1 atom stereocenters. The smallest absolute Gasteiger partial charge is 0.228 e. The minimum Gasteiger partial charge on any atom is -0.337 e. The Morgan fingerprint density at radius 1 is 1.21 bits per heavy atom. The first-order valence-electron chi connectivity index (χ1n) is 9.41. The van der Waals surface area contributed by atoms with Gasteiger partial charge in [-0.3, -0.25) is 4.79 Å². The molecule has 2 heterocycles. The minimum absolute atomic E-state index is 0.0234. The first-order valence-corrected chi connectivity index (χ1v) is 12.1. The maximum atomic E-state index is 13.2. The number of likely N-dealkylation sites (N-methyl/N-ethyl adjacent to an activating group) is 1. The molecule has 0 saturated carbocycles. The van der Waals surface area contributed by atoms with Crippen LogP contribution in [0.4, 0.5) is 0 Å². The number of amides is 1. The van der Waals surface area contributed by atoms with Crippen LogP contribution in [0.1, 0.15) is 16.3 Å².